The molecule has 0 spiro atoms. The van der Waals surface area contributed by atoms with Crippen molar-refractivity contribution < 1.29 is 18.3 Å². The van der Waals surface area contributed by atoms with Crippen LogP contribution < -0.4 is 4.90 Å². The second-order valence-corrected chi connectivity index (χ2v) is 8.24. The highest BCUT2D eigenvalue weighted by atomic mass is 35.5. The van der Waals surface area contributed by atoms with Gasteiger partial charge in [-0.3, -0.25) is 4.90 Å². The van der Waals surface area contributed by atoms with Gasteiger partial charge < -0.3 is 9.30 Å². The number of nitrogens with zero attached hydrogens (tertiary/aromatic N) is 5. The molecule has 0 aliphatic heterocycles. The van der Waals surface area contributed by atoms with E-state index in [2.05, 4.69) is 9.97 Å². The van der Waals surface area contributed by atoms with Gasteiger partial charge in [0.05, 0.1) is 5.52 Å². The van der Waals surface area contributed by atoms with Crippen molar-refractivity contribution in [1.82, 2.24) is 14.5 Å². The minimum Gasteiger partial charge on any atom is -0.443 e. The lowest BCUT2D eigenvalue weighted by atomic mass is 10.1. The number of benzene rings is 1. The first-order valence-corrected chi connectivity index (χ1v) is 9.75. The Balaban J connectivity index is 2.01. The minimum atomic E-state index is -1.01. The molecule has 1 amide bonds. The van der Waals surface area contributed by atoms with Crippen molar-refractivity contribution >= 4 is 34.4 Å². The van der Waals surface area contributed by atoms with Gasteiger partial charge in [-0.2, -0.15) is 5.26 Å². The number of fused-ring (bicyclic) bond motifs is 1. The summed E-state index contributed by atoms with van der Waals surface area (Å²) in [5.74, 6) is -1.77. The summed E-state index contributed by atoms with van der Waals surface area (Å²) in [6.07, 6.45) is 0.535. The van der Waals surface area contributed by atoms with Crippen molar-refractivity contribution in [1.29, 1.82) is 5.26 Å². The summed E-state index contributed by atoms with van der Waals surface area (Å²) in [6, 6.07) is 5.97. The summed E-state index contributed by atoms with van der Waals surface area (Å²) in [4.78, 5) is 22.0. The normalized spacial score (nSPS) is 11.4. The predicted octanol–water partition coefficient (Wildman–Crippen LogP) is 4.98. The Hall–Kier alpha value is -3.25. The van der Waals surface area contributed by atoms with Gasteiger partial charge in [0.1, 0.15) is 34.7 Å². The molecule has 10 heteroatoms. The number of carbonyl (C=O) groups is 1. The number of aryl methyl sites for hydroxylation is 1. The molecule has 0 saturated heterocycles. The molecule has 162 valence electrons. The molecule has 0 aliphatic rings. The van der Waals surface area contributed by atoms with Crippen LogP contribution in [0.3, 0.4) is 0 Å². The van der Waals surface area contributed by atoms with Gasteiger partial charge in [-0.25, -0.2) is 23.5 Å². The number of rotatable bonds is 4. The maximum atomic E-state index is 14.0. The van der Waals surface area contributed by atoms with Crippen molar-refractivity contribution in [2.45, 2.75) is 39.8 Å². The average molecular weight is 448 g/mol. The van der Waals surface area contributed by atoms with E-state index in [4.69, 9.17) is 16.3 Å². The van der Waals surface area contributed by atoms with E-state index in [1.165, 1.54) is 34.9 Å². The Morgan fingerprint density at radius 2 is 2.00 bits per heavy atom. The number of hydrogen-bond donors (Lipinski definition) is 0. The number of amides is 1. The van der Waals surface area contributed by atoms with Crippen LogP contribution in [0.15, 0.2) is 24.5 Å². The second-order valence-electron chi connectivity index (χ2n) is 7.85. The minimum absolute atomic E-state index is 0.0265. The molecule has 0 unspecified atom stereocenters. The zero-order valence-corrected chi connectivity index (χ0v) is 18.2. The first-order chi connectivity index (χ1) is 14.5. The molecule has 0 saturated carbocycles. The molecule has 0 radical (unpaired) electrons. The van der Waals surface area contributed by atoms with Gasteiger partial charge in [0.2, 0.25) is 0 Å². The zero-order valence-electron chi connectivity index (χ0n) is 17.4. The fourth-order valence-electron chi connectivity index (χ4n) is 3.12. The van der Waals surface area contributed by atoms with Gasteiger partial charge in [-0.05, 0) is 39.3 Å². The van der Waals surface area contributed by atoms with Gasteiger partial charge in [-0.15, -0.1) is 0 Å². The number of nitriles is 1. The molecule has 0 fully saturated rings. The zero-order chi connectivity index (χ0) is 22.9. The molecule has 3 aromatic rings. The number of anilines is 1. The second kappa shape index (κ2) is 8.47. The van der Waals surface area contributed by atoms with E-state index in [-0.39, 0.29) is 35.3 Å². The van der Waals surface area contributed by atoms with E-state index >= 15 is 0 Å². The molecule has 31 heavy (non-hydrogen) atoms. The van der Waals surface area contributed by atoms with E-state index in [1.54, 1.807) is 20.8 Å². The molecule has 0 aliphatic carbocycles. The van der Waals surface area contributed by atoms with Gasteiger partial charge in [0.15, 0.2) is 11.6 Å². The topological polar surface area (TPSA) is 84.0 Å². The van der Waals surface area contributed by atoms with Crippen LogP contribution in [0.25, 0.3) is 10.9 Å². The quantitative estimate of drug-likeness (QED) is 0.526. The Bertz CT molecular complexity index is 1200. The third-order valence-electron chi connectivity index (χ3n) is 4.52. The number of hydrogen-bond acceptors (Lipinski definition) is 5. The summed E-state index contributed by atoms with van der Waals surface area (Å²) in [7, 11) is 0. The highest BCUT2D eigenvalue weighted by Crippen LogP contribution is 2.27. The molecule has 0 bridgehead atoms. The summed E-state index contributed by atoms with van der Waals surface area (Å²) < 4.78 is 35.0. The average Bonchev–Trinajstić information content (AvgIpc) is 3.03. The first kappa shape index (κ1) is 22.4. The van der Waals surface area contributed by atoms with Gasteiger partial charge >= 0.3 is 6.09 Å². The van der Waals surface area contributed by atoms with Crippen molar-refractivity contribution in [3.8, 4) is 6.07 Å². The van der Waals surface area contributed by atoms with Crippen LogP contribution in [0.2, 0.25) is 5.15 Å². The Kier molecular flexibility index (Phi) is 6.13. The molecule has 2 aromatic heterocycles. The molecule has 1 aromatic carbocycles. The van der Waals surface area contributed by atoms with Crippen molar-refractivity contribution in [3.05, 3.63) is 52.6 Å². The van der Waals surface area contributed by atoms with Crippen LogP contribution in [0.4, 0.5) is 19.4 Å². The number of ether oxygens (including phenoxy) is 1. The number of carbonyl (C=O) groups excluding carboxylic acids is 1. The van der Waals surface area contributed by atoms with Crippen LogP contribution in [0.5, 0.6) is 0 Å². The molecule has 0 N–H and O–H groups in total. The Morgan fingerprint density at radius 1 is 1.29 bits per heavy atom. The lowest BCUT2D eigenvalue weighted by Crippen LogP contribution is -2.39. The first-order valence-electron chi connectivity index (χ1n) is 9.38. The van der Waals surface area contributed by atoms with E-state index < -0.39 is 23.3 Å². The Morgan fingerprint density at radius 3 is 2.61 bits per heavy atom. The van der Waals surface area contributed by atoms with Gasteiger partial charge in [-0.1, -0.05) is 11.6 Å². The number of halogens is 3. The van der Waals surface area contributed by atoms with E-state index in [1.807, 2.05) is 6.07 Å². The van der Waals surface area contributed by atoms with E-state index in [0.29, 0.717) is 10.9 Å². The summed E-state index contributed by atoms with van der Waals surface area (Å²) in [6.45, 7) is 6.74. The van der Waals surface area contributed by atoms with Crippen molar-refractivity contribution in [2.75, 3.05) is 11.4 Å². The van der Waals surface area contributed by atoms with E-state index in [9.17, 15) is 18.8 Å². The molecular formula is C21H20ClF2N5O2. The van der Waals surface area contributed by atoms with Crippen molar-refractivity contribution in [3.63, 3.8) is 0 Å². The summed E-state index contributed by atoms with van der Waals surface area (Å²) >= 11 is 5.95. The van der Waals surface area contributed by atoms with Crippen molar-refractivity contribution in [2.24, 2.45) is 0 Å². The molecular weight excluding hydrogens is 428 g/mol. The lowest BCUT2D eigenvalue weighted by molar-refractivity contribution is 0.0578. The smallest absolute Gasteiger partial charge is 0.416 e. The summed E-state index contributed by atoms with van der Waals surface area (Å²) in [5.41, 5.74) is -0.107. The maximum absolute atomic E-state index is 14.0. The standard InChI is InChI=1S/C21H20ClF2N5O2/c1-12-14-7-13(10-25)28(16(14)8-15(23)19(12)24)5-6-29(20(30)31-21(2,3)4)18-9-17(22)26-11-27-18/h7-9,11H,5-6H2,1-4H3. The van der Waals surface area contributed by atoms with Gasteiger partial charge in [0, 0.05) is 30.6 Å². The number of aromatic nitrogens is 3. The Labute approximate surface area is 182 Å². The summed E-state index contributed by atoms with van der Waals surface area (Å²) in [5, 5.41) is 10.1. The largest absolute Gasteiger partial charge is 0.443 e. The molecule has 0 atom stereocenters. The van der Waals surface area contributed by atoms with Gasteiger partial charge in [0.25, 0.3) is 0 Å². The van der Waals surface area contributed by atoms with Crippen LogP contribution in [0, 0.1) is 29.9 Å². The molecule has 7 nitrogen and oxygen atoms in total. The van der Waals surface area contributed by atoms with Crippen LogP contribution in [0.1, 0.15) is 32.0 Å². The molecule has 2 heterocycles. The fraction of sp³-hybridized carbons (Fsp3) is 0.333. The highest BCUT2D eigenvalue weighted by Gasteiger charge is 2.25. The maximum Gasteiger partial charge on any atom is 0.416 e. The van der Waals surface area contributed by atoms with Crippen LogP contribution in [-0.4, -0.2) is 32.8 Å². The highest BCUT2D eigenvalue weighted by molar-refractivity contribution is 6.29. The fourth-order valence-corrected chi connectivity index (χ4v) is 3.26. The van der Waals surface area contributed by atoms with Crippen LogP contribution >= 0.6 is 11.6 Å². The molecule has 3 rings (SSSR count). The third-order valence-corrected chi connectivity index (χ3v) is 4.72. The van der Waals surface area contributed by atoms with Crippen LogP contribution in [-0.2, 0) is 11.3 Å². The monoisotopic (exact) mass is 447 g/mol. The lowest BCUT2D eigenvalue weighted by Gasteiger charge is -2.27. The predicted molar refractivity (Wildman–Crippen MR) is 112 cm³/mol. The third kappa shape index (κ3) is 4.75. The van der Waals surface area contributed by atoms with E-state index in [0.717, 1.165) is 6.07 Å². The SMILES string of the molecule is Cc1c(F)c(F)cc2c1cc(C#N)n2CCN(C(=O)OC(C)(C)C)c1cc(Cl)ncn1.